The molecule has 5 heteroatoms. The summed E-state index contributed by atoms with van der Waals surface area (Å²) in [5.41, 5.74) is 3.48. The maximum absolute atomic E-state index is 12.3. The average molecular weight is 347 g/mol. The molecule has 4 rings (SSSR count). The highest BCUT2D eigenvalue weighted by molar-refractivity contribution is 5.97. The molecule has 0 saturated carbocycles. The van der Waals surface area contributed by atoms with Crippen LogP contribution in [0.2, 0.25) is 0 Å². The summed E-state index contributed by atoms with van der Waals surface area (Å²) in [6.45, 7) is 1.40. The molecule has 3 heterocycles. The number of carbonyl (C=O) groups excluding carboxylic acids is 1. The third kappa shape index (κ3) is 3.67. The molecule has 0 N–H and O–H groups in total. The smallest absolute Gasteiger partial charge is 0.409 e. The Kier molecular flexibility index (Phi) is 4.78. The number of amides is 1. The van der Waals surface area contributed by atoms with Gasteiger partial charge in [0, 0.05) is 37.3 Å². The Morgan fingerprint density at radius 3 is 2.62 bits per heavy atom. The molecule has 1 amide bonds. The molecule has 1 saturated heterocycles. The highest BCUT2D eigenvalue weighted by atomic mass is 16.6. The lowest BCUT2D eigenvalue weighted by atomic mass is 9.91. The molecule has 1 fully saturated rings. The molecule has 1 aromatic heterocycles. The third-order valence-corrected chi connectivity index (χ3v) is 4.90. The lowest BCUT2D eigenvalue weighted by molar-refractivity contribution is 0.137. The van der Waals surface area contributed by atoms with Crippen molar-refractivity contribution in [2.24, 2.45) is 10.9 Å². The van der Waals surface area contributed by atoms with Gasteiger partial charge < -0.3 is 9.64 Å². The topological polar surface area (TPSA) is 54.8 Å². The van der Waals surface area contributed by atoms with E-state index in [1.807, 2.05) is 18.2 Å². The Labute approximate surface area is 153 Å². The van der Waals surface area contributed by atoms with Crippen LogP contribution in [0, 0.1) is 5.92 Å². The quantitative estimate of drug-likeness (QED) is 0.837. The number of hydrogen-bond donors (Lipinski definition) is 0. The van der Waals surface area contributed by atoms with Gasteiger partial charge in [0.1, 0.15) is 0 Å². The van der Waals surface area contributed by atoms with Crippen molar-refractivity contribution in [1.82, 2.24) is 9.88 Å². The first-order valence-corrected chi connectivity index (χ1v) is 8.99. The summed E-state index contributed by atoms with van der Waals surface area (Å²) in [4.78, 5) is 22.9. The number of hydrogen-bond acceptors (Lipinski definition) is 4. The minimum Gasteiger partial charge on any atom is -0.409 e. The van der Waals surface area contributed by atoms with Gasteiger partial charge in [0.25, 0.3) is 0 Å². The molecule has 1 aromatic carbocycles. The molecular weight excluding hydrogens is 326 g/mol. The van der Waals surface area contributed by atoms with E-state index in [2.05, 4.69) is 23.2 Å². The molecule has 0 radical (unpaired) electrons. The molecule has 5 nitrogen and oxygen atoms in total. The maximum Gasteiger partial charge on any atom is 0.415 e. The summed E-state index contributed by atoms with van der Waals surface area (Å²) >= 11 is 0. The van der Waals surface area contributed by atoms with Crippen molar-refractivity contribution in [2.45, 2.75) is 19.3 Å². The summed E-state index contributed by atoms with van der Waals surface area (Å²) in [5.74, 6) is 0.923. The zero-order valence-corrected chi connectivity index (χ0v) is 14.5. The molecule has 2 aromatic rings. The van der Waals surface area contributed by atoms with E-state index in [0.717, 1.165) is 25.0 Å². The fraction of sp³-hybridized carbons (Fsp3) is 0.286. The molecule has 0 atom stereocenters. The number of carbonyl (C=O) groups is 1. The van der Waals surface area contributed by atoms with E-state index < -0.39 is 0 Å². The molecule has 132 valence electrons. The minimum absolute atomic E-state index is 0.298. The van der Waals surface area contributed by atoms with Gasteiger partial charge >= 0.3 is 6.09 Å². The van der Waals surface area contributed by atoms with E-state index in [-0.39, 0.29) is 6.09 Å². The fourth-order valence-corrected chi connectivity index (χ4v) is 3.46. The second kappa shape index (κ2) is 7.52. The number of allylic oxidation sites excluding steroid dienone is 1. The number of pyridine rings is 1. The summed E-state index contributed by atoms with van der Waals surface area (Å²) in [6.07, 6.45) is 7.88. The molecule has 0 unspecified atom stereocenters. The van der Waals surface area contributed by atoms with Crippen LogP contribution in [0.4, 0.5) is 4.79 Å². The Balaban J connectivity index is 1.32. The van der Waals surface area contributed by atoms with E-state index in [1.165, 1.54) is 11.3 Å². The van der Waals surface area contributed by atoms with Gasteiger partial charge in [-0.05, 0) is 30.5 Å². The fourth-order valence-electron chi connectivity index (χ4n) is 3.46. The zero-order valence-electron chi connectivity index (χ0n) is 14.5. The van der Waals surface area contributed by atoms with Crippen molar-refractivity contribution in [3.63, 3.8) is 0 Å². The first-order valence-electron chi connectivity index (χ1n) is 8.99. The molecule has 0 spiro atoms. The number of aliphatic imine (C=N–C) groups is 1. The largest absolute Gasteiger partial charge is 0.415 e. The molecule has 26 heavy (non-hydrogen) atoms. The van der Waals surface area contributed by atoms with Crippen LogP contribution in [0.5, 0.6) is 5.75 Å². The lowest BCUT2D eigenvalue weighted by Crippen LogP contribution is -2.41. The number of piperidine rings is 1. The van der Waals surface area contributed by atoms with Gasteiger partial charge in [0.15, 0.2) is 5.75 Å². The molecule has 0 bridgehead atoms. The highest BCUT2D eigenvalue weighted by Crippen LogP contribution is 2.29. The SMILES string of the molecule is O=C(Oc1cccnc1)N1CCC(C2=NC(c3ccccc3)=CC2)CC1. The minimum atomic E-state index is -0.298. The first-order chi connectivity index (χ1) is 12.8. The molecule has 2 aliphatic rings. The number of aromatic nitrogens is 1. The van der Waals surface area contributed by atoms with E-state index in [9.17, 15) is 4.79 Å². The Bertz CT molecular complexity index is 823. The second-order valence-electron chi connectivity index (χ2n) is 6.58. The maximum atomic E-state index is 12.3. The van der Waals surface area contributed by atoms with E-state index >= 15 is 0 Å². The van der Waals surface area contributed by atoms with Crippen molar-refractivity contribution >= 4 is 17.5 Å². The van der Waals surface area contributed by atoms with Crippen molar-refractivity contribution in [3.8, 4) is 5.75 Å². The normalized spacial score (nSPS) is 17.6. The number of rotatable bonds is 3. The van der Waals surface area contributed by atoms with Crippen LogP contribution in [0.1, 0.15) is 24.8 Å². The Morgan fingerprint density at radius 1 is 1.08 bits per heavy atom. The first kappa shape index (κ1) is 16.5. The van der Waals surface area contributed by atoms with Gasteiger partial charge in [-0.15, -0.1) is 0 Å². The van der Waals surface area contributed by atoms with Crippen molar-refractivity contribution in [1.29, 1.82) is 0 Å². The van der Waals surface area contributed by atoms with Crippen LogP contribution >= 0.6 is 0 Å². The van der Waals surface area contributed by atoms with Crippen LogP contribution in [0.3, 0.4) is 0 Å². The van der Waals surface area contributed by atoms with Crippen LogP contribution in [-0.4, -0.2) is 34.8 Å². The summed E-state index contributed by atoms with van der Waals surface area (Å²) in [5, 5.41) is 0. The van der Waals surface area contributed by atoms with Crippen LogP contribution < -0.4 is 4.74 Å². The molecule has 0 aliphatic carbocycles. The summed E-state index contributed by atoms with van der Waals surface area (Å²) in [6, 6.07) is 13.8. The van der Waals surface area contributed by atoms with Crippen LogP contribution in [0.25, 0.3) is 5.70 Å². The second-order valence-corrected chi connectivity index (χ2v) is 6.58. The summed E-state index contributed by atoms with van der Waals surface area (Å²) < 4.78 is 5.37. The van der Waals surface area contributed by atoms with Gasteiger partial charge in [-0.2, -0.15) is 0 Å². The third-order valence-electron chi connectivity index (χ3n) is 4.90. The average Bonchev–Trinajstić information content (AvgIpc) is 3.20. The number of benzene rings is 1. The number of ether oxygens (including phenoxy) is 1. The predicted molar refractivity (Wildman–Crippen MR) is 101 cm³/mol. The summed E-state index contributed by atoms with van der Waals surface area (Å²) in [7, 11) is 0. The molecule has 2 aliphatic heterocycles. The standard InChI is InChI=1S/C21H21N3O2/c25-21(26-18-7-4-12-22-15-18)24-13-10-17(11-14-24)20-9-8-19(23-20)16-5-2-1-3-6-16/h1-8,12,15,17H,9-11,13-14H2. The van der Waals surface area contributed by atoms with Gasteiger partial charge in [-0.3, -0.25) is 9.98 Å². The van der Waals surface area contributed by atoms with Crippen LogP contribution in [-0.2, 0) is 0 Å². The highest BCUT2D eigenvalue weighted by Gasteiger charge is 2.28. The van der Waals surface area contributed by atoms with Crippen LogP contribution in [0.15, 0.2) is 65.9 Å². The van der Waals surface area contributed by atoms with E-state index in [4.69, 9.17) is 9.73 Å². The Morgan fingerprint density at radius 2 is 1.88 bits per heavy atom. The predicted octanol–water partition coefficient (Wildman–Crippen LogP) is 4.18. The van der Waals surface area contributed by atoms with Gasteiger partial charge in [0.05, 0.1) is 11.9 Å². The van der Waals surface area contributed by atoms with Crippen molar-refractivity contribution in [2.75, 3.05) is 13.1 Å². The lowest BCUT2D eigenvalue weighted by Gasteiger charge is -2.31. The number of likely N-dealkylation sites (tertiary alicyclic amines) is 1. The van der Waals surface area contributed by atoms with Crippen molar-refractivity contribution < 1.29 is 9.53 Å². The van der Waals surface area contributed by atoms with Gasteiger partial charge in [-0.25, -0.2) is 4.79 Å². The van der Waals surface area contributed by atoms with Gasteiger partial charge in [0.2, 0.25) is 0 Å². The van der Waals surface area contributed by atoms with Crippen molar-refractivity contribution in [3.05, 3.63) is 66.5 Å². The Hall–Kier alpha value is -2.95. The van der Waals surface area contributed by atoms with E-state index in [1.54, 1.807) is 29.4 Å². The number of nitrogens with zero attached hydrogens (tertiary/aromatic N) is 3. The molecular formula is C21H21N3O2. The van der Waals surface area contributed by atoms with Gasteiger partial charge in [-0.1, -0.05) is 36.4 Å². The van der Waals surface area contributed by atoms with E-state index in [0.29, 0.717) is 24.8 Å². The monoisotopic (exact) mass is 347 g/mol. The zero-order chi connectivity index (χ0) is 17.8.